The number of rotatable bonds is 3. The Bertz CT molecular complexity index is 588. The lowest BCUT2D eigenvalue weighted by Crippen LogP contribution is -2.32. The van der Waals surface area contributed by atoms with Crippen LogP contribution < -0.4 is 15.4 Å². The lowest BCUT2D eigenvalue weighted by molar-refractivity contribution is 0.305. The van der Waals surface area contributed by atoms with Gasteiger partial charge in [-0.2, -0.15) is 4.98 Å². The van der Waals surface area contributed by atoms with E-state index in [4.69, 9.17) is 15.0 Å². The maximum absolute atomic E-state index is 5.67. The van der Waals surface area contributed by atoms with Crippen LogP contribution in [0.5, 0.6) is 5.75 Å². The molecule has 1 aromatic heterocycles. The molecule has 0 saturated carbocycles. The van der Waals surface area contributed by atoms with Gasteiger partial charge < -0.3 is 19.9 Å². The lowest BCUT2D eigenvalue weighted by atomic mass is 10.1. The highest BCUT2D eigenvalue weighted by Crippen LogP contribution is 2.32. The highest BCUT2D eigenvalue weighted by molar-refractivity contribution is 5.85. The first-order chi connectivity index (χ1) is 9.26. The second-order valence-corrected chi connectivity index (χ2v) is 4.55. The van der Waals surface area contributed by atoms with Crippen LogP contribution in [0.3, 0.4) is 0 Å². The van der Waals surface area contributed by atoms with Crippen molar-refractivity contribution in [1.29, 1.82) is 0 Å². The molecule has 1 aliphatic heterocycles. The summed E-state index contributed by atoms with van der Waals surface area (Å²) in [7, 11) is 0. The summed E-state index contributed by atoms with van der Waals surface area (Å²) in [6, 6.07) is 6.18. The molecule has 7 heteroatoms. The minimum absolute atomic E-state index is 0. The molecule has 2 heterocycles. The first kappa shape index (κ1) is 14.6. The fraction of sp³-hybridized carbons (Fsp3) is 0.385. The molecule has 1 aliphatic rings. The maximum atomic E-state index is 5.67. The van der Waals surface area contributed by atoms with Crippen molar-refractivity contribution in [3.8, 4) is 5.75 Å². The molecule has 6 nitrogen and oxygen atoms in total. The Morgan fingerprint density at radius 2 is 2.25 bits per heavy atom. The van der Waals surface area contributed by atoms with Crippen LogP contribution in [0.25, 0.3) is 0 Å². The zero-order valence-electron chi connectivity index (χ0n) is 11.2. The van der Waals surface area contributed by atoms with E-state index in [1.54, 1.807) is 0 Å². The van der Waals surface area contributed by atoms with Crippen LogP contribution in [0.4, 0.5) is 5.69 Å². The average Bonchev–Trinajstić information content (AvgIpc) is 2.86. The number of benzene rings is 1. The van der Waals surface area contributed by atoms with E-state index in [-0.39, 0.29) is 19.0 Å². The molecule has 0 fully saturated rings. The number of ether oxygens (including phenoxy) is 1. The summed E-state index contributed by atoms with van der Waals surface area (Å²) in [6.45, 7) is 4.39. The van der Waals surface area contributed by atoms with Crippen molar-refractivity contribution in [3.05, 3.63) is 35.5 Å². The average molecular weight is 297 g/mol. The fourth-order valence-corrected chi connectivity index (χ4v) is 2.16. The van der Waals surface area contributed by atoms with Gasteiger partial charge in [-0.05, 0) is 24.6 Å². The first-order valence-electron chi connectivity index (χ1n) is 6.26. The topological polar surface area (TPSA) is 77.4 Å². The van der Waals surface area contributed by atoms with E-state index < -0.39 is 0 Å². The van der Waals surface area contributed by atoms with E-state index in [0.717, 1.165) is 18.0 Å². The third kappa shape index (κ3) is 2.86. The molecule has 20 heavy (non-hydrogen) atoms. The lowest BCUT2D eigenvalue weighted by Gasteiger charge is -2.30. The molecule has 0 unspecified atom stereocenters. The number of hydrogen-bond donors (Lipinski definition) is 1. The second-order valence-electron chi connectivity index (χ2n) is 4.55. The molecule has 2 N–H and O–H groups in total. The molecule has 0 amide bonds. The number of fused-ring (bicyclic) bond motifs is 1. The van der Waals surface area contributed by atoms with E-state index in [1.165, 1.54) is 5.56 Å². The van der Waals surface area contributed by atoms with Gasteiger partial charge in [0, 0.05) is 0 Å². The Kier molecular flexibility index (Phi) is 4.46. The van der Waals surface area contributed by atoms with Gasteiger partial charge in [0.2, 0.25) is 5.89 Å². The van der Waals surface area contributed by atoms with Crippen LogP contribution in [0, 0.1) is 6.92 Å². The monoisotopic (exact) mass is 296 g/mol. The smallest absolute Gasteiger partial charge is 0.240 e. The van der Waals surface area contributed by atoms with Gasteiger partial charge in [-0.3, -0.25) is 0 Å². The van der Waals surface area contributed by atoms with Crippen LogP contribution in [0.1, 0.15) is 17.3 Å². The van der Waals surface area contributed by atoms with Crippen molar-refractivity contribution in [1.82, 2.24) is 10.1 Å². The molecule has 0 spiro atoms. The van der Waals surface area contributed by atoms with E-state index in [0.29, 0.717) is 24.9 Å². The Morgan fingerprint density at radius 3 is 3.00 bits per heavy atom. The zero-order chi connectivity index (χ0) is 13.2. The minimum atomic E-state index is 0. The Labute approximate surface area is 123 Å². The minimum Gasteiger partial charge on any atom is -0.490 e. The van der Waals surface area contributed by atoms with E-state index in [2.05, 4.69) is 34.1 Å². The number of aromatic nitrogens is 2. The molecule has 0 radical (unpaired) electrons. The molecule has 1 aromatic carbocycles. The van der Waals surface area contributed by atoms with Gasteiger partial charge in [-0.15, -0.1) is 12.4 Å². The van der Waals surface area contributed by atoms with Gasteiger partial charge in [0.05, 0.1) is 25.3 Å². The molecular formula is C13H17ClN4O2. The molecule has 3 rings (SSSR count). The van der Waals surface area contributed by atoms with Crippen LogP contribution in [-0.4, -0.2) is 23.3 Å². The van der Waals surface area contributed by atoms with Crippen LogP contribution in [-0.2, 0) is 13.1 Å². The zero-order valence-corrected chi connectivity index (χ0v) is 12.0. The first-order valence-corrected chi connectivity index (χ1v) is 6.26. The van der Waals surface area contributed by atoms with Crippen molar-refractivity contribution < 1.29 is 9.26 Å². The largest absolute Gasteiger partial charge is 0.490 e. The van der Waals surface area contributed by atoms with Gasteiger partial charge >= 0.3 is 0 Å². The van der Waals surface area contributed by atoms with Crippen molar-refractivity contribution >= 4 is 18.1 Å². The van der Waals surface area contributed by atoms with Crippen molar-refractivity contribution in [2.24, 2.45) is 5.73 Å². The quantitative estimate of drug-likeness (QED) is 0.928. The standard InChI is InChI=1S/C13H16N4O2.ClH/c1-9-2-3-10-11(6-9)18-5-4-17(10)8-12-15-13(7-14)19-16-12;/h2-3,6H,4-5,7-8,14H2,1H3;1H. The molecular weight excluding hydrogens is 280 g/mol. The van der Waals surface area contributed by atoms with Crippen molar-refractivity contribution in [2.45, 2.75) is 20.0 Å². The van der Waals surface area contributed by atoms with E-state index in [1.807, 2.05) is 6.07 Å². The molecule has 0 saturated heterocycles. The van der Waals surface area contributed by atoms with Gasteiger partial charge in [0.1, 0.15) is 12.4 Å². The Hall–Kier alpha value is -1.79. The molecule has 0 atom stereocenters. The Morgan fingerprint density at radius 1 is 1.40 bits per heavy atom. The highest BCUT2D eigenvalue weighted by atomic mass is 35.5. The summed E-state index contributed by atoms with van der Waals surface area (Å²) in [6.07, 6.45) is 0. The van der Waals surface area contributed by atoms with E-state index in [9.17, 15) is 0 Å². The SMILES string of the molecule is Cc1ccc2c(c1)OCCN2Cc1noc(CN)n1.Cl. The third-order valence-electron chi connectivity index (χ3n) is 3.09. The molecule has 2 aromatic rings. The van der Waals surface area contributed by atoms with Crippen LogP contribution >= 0.6 is 12.4 Å². The van der Waals surface area contributed by atoms with Gasteiger partial charge in [-0.25, -0.2) is 0 Å². The van der Waals surface area contributed by atoms with Gasteiger partial charge in [-0.1, -0.05) is 11.2 Å². The normalized spacial score (nSPS) is 13.4. The predicted octanol–water partition coefficient (Wildman–Crippen LogP) is 1.66. The van der Waals surface area contributed by atoms with Crippen LogP contribution in [0.2, 0.25) is 0 Å². The van der Waals surface area contributed by atoms with Crippen LogP contribution in [0.15, 0.2) is 22.7 Å². The number of aryl methyl sites for hydroxylation is 1. The molecule has 108 valence electrons. The van der Waals surface area contributed by atoms with Gasteiger partial charge in [0.25, 0.3) is 0 Å². The summed E-state index contributed by atoms with van der Waals surface area (Å²) in [4.78, 5) is 6.41. The summed E-state index contributed by atoms with van der Waals surface area (Å²) >= 11 is 0. The van der Waals surface area contributed by atoms with Crippen molar-refractivity contribution in [2.75, 3.05) is 18.1 Å². The molecule has 0 bridgehead atoms. The summed E-state index contributed by atoms with van der Waals surface area (Å²) < 4.78 is 10.7. The number of hydrogen-bond acceptors (Lipinski definition) is 6. The summed E-state index contributed by atoms with van der Waals surface area (Å²) in [5, 5.41) is 3.92. The second kappa shape index (κ2) is 6.11. The highest BCUT2D eigenvalue weighted by Gasteiger charge is 2.20. The van der Waals surface area contributed by atoms with Gasteiger partial charge in [0.15, 0.2) is 5.82 Å². The summed E-state index contributed by atoms with van der Waals surface area (Å²) in [5.41, 5.74) is 7.71. The predicted molar refractivity (Wildman–Crippen MR) is 77.2 cm³/mol. The number of nitrogens with two attached hydrogens (primary N) is 1. The van der Waals surface area contributed by atoms with E-state index >= 15 is 0 Å². The van der Waals surface area contributed by atoms with Crippen molar-refractivity contribution in [3.63, 3.8) is 0 Å². The molecule has 0 aliphatic carbocycles. The maximum Gasteiger partial charge on any atom is 0.240 e. The summed E-state index contributed by atoms with van der Waals surface area (Å²) in [5.74, 6) is 2.02. The number of anilines is 1. The number of nitrogens with zero attached hydrogens (tertiary/aromatic N) is 3. The number of halogens is 1. The third-order valence-corrected chi connectivity index (χ3v) is 3.09. The Balaban J connectivity index is 0.00000147. The fourth-order valence-electron chi connectivity index (χ4n) is 2.16.